The summed E-state index contributed by atoms with van der Waals surface area (Å²) in [5.41, 5.74) is 1.08. The van der Waals surface area contributed by atoms with Crippen molar-refractivity contribution in [3.63, 3.8) is 0 Å². The van der Waals surface area contributed by atoms with E-state index in [1.165, 1.54) is 0 Å². The Morgan fingerprint density at radius 1 is 1.27 bits per heavy atom. The third kappa shape index (κ3) is 4.43. The SMILES string of the molecule is COc1ccc(NC(=O)c2ccnc(NCC3CCCO3)c2)c(OC)c1. The van der Waals surface area contributed by atoms with E-state index in [-0.39, 0.29) is 12.0 Å². The predicted molar refractivity (Wildman–Crippen MR) is 99.2 cm³/mol. The maximum absolute atomic E-state index is 12.6. The average Bonchev–Trinajstić information content (AvgIpc) is 3.20. The van der Waals surface area contributed by atoms with Crippen molar-refractivity contribution in [3.05, 3.63) is 42.1 Å². The summed E-state index contributed by atoms with van der Waals surface area (Å²) < 4.78 is 16.1. The molecule has 0 spiro atoms. The first-order chi connectivity index (χ1) is 12.7. The van der Waals surface area contributed by atoms with E-state index in [1.807, 2.05) is 0 Å². The van der Waals surface area contributed by atoms with Crippen molar-refractivity contribution in [1.82, 2.24) is 4.98 Å². The molecule has 0 saturated carbocycles. The molecule has 1 atom stereocenters. The van der Waals surface area contributed by atoms with E-state index in [0.717, 1.165) is 19.4 Å². The van der Waals surface area contributed by atoms with Crippen molar-refractivity contribution < 1.29 is 19.0 Å². The molecule has 1 fully saturated rings. The molecule has 2 heterocycles. The molecule has 1 aliphatic heterocycles. The molecule has 138 valence electrons. The van der Waals surface area contributed by atoms with Crippen LogP contribution in [0.1, 0.15) is 23.2 Å². The van der Waals surface area contributed by atoms with Crippen LogP contribution in [-0.4, -0.2) is 44.4 Å². The number of nitrogens with one attached hydrogen (secondary N) is 2. The highest BCUT2D eigenvalue weighted by atomic mass is 16.5. The van der Waals surface area contributed by atoms with Crippen LogP contribution in [0.3, 0.4) is 0 Å². The Balaban J connectivity index is 1.67. The second-order valence-corrected chi connectivity index (χ2v) is 5.97. The monoisotopic (exact) mass is 357 g/mol. The van der Waals surface area contributed by atoms with Crippen LogP contribution in [0.25, 0.3) is 0 Å². The minimum absolute atomic E-state index is 0.206. The van der Waals surface area contributed by atoms with Gasteiger partial charge in [0.05, 0.1) is 26.0 Å². The second kappa shape index (κ2) is 8.53. The first-order valence-corrected chi connectivity index (χ1v) is 8.54. The van der Waals surface area contributed by atoms with Gasteiger partial charge < -0.3 is 24.8 Å². The lowest BCUT2D eigenvalue weighted by Gasteiger charge is -2.13. The highest BCUT2D eigenvalue weighted by Crippen LogP contribution is 2.29. The van der Waals surface area contributed by atoms with Gasteiger partial charge in [-0.15, -0.1) is 0 Å². The number of benzene rings is 1. The van der Waals surface area contributed by atoms with Crippen LogP contribution in [0.2, 0.25) is 0 Å². The number of hydrogen-bond acceptors (Lipinski definition) is 6. The third-order valence-corrected chi connectivity index (χ3v) is 4.21. The molecule has 26 heavy (non-hydrogen) atoms. The lowest BCUT2D eigenvalue weighted by molar-refractivity contribution is 0.102. The smallest absolute Gasteiger partial charge is 0.255 e. The van der Waals surface area contributed by atoms with Gasteiger partial charge in [-0.3, -0.25) is 4.79 Å². The Morgan fingerprint density at radius 2 is 2.15 bits per heavy atom. The average molecular weight is 357 g/mol. The van der Waals surface area contributed by atoms with Crippen molar-refractivity contribution >= 4 is 17.4 Å². The molecule has 2 N–H and O–H groups in total. The zero-order valence-electron chi connectivity index (χ0n) is 15.0. The van der Waals surface area contributed by atoms with Gasteiger partial charge in [0.15, 0.2) is 0 Å². The van der Waals surface area contributed by atoms with Crippen LogP contribution < -0.4 is 20.1 Å². The van der Waals surface area contributed by atoms with Gasteiger partial charge in [-0.1, -0.05) is 0 Å². The standard InChI is InChI=1S/C19H23N3O4/c1-24-14-5-6-16(17(11-14)25-2)22-19(23)13-7-8-20-18(10-13)21-12-15-4-3-9-26-15/h5-8,10-11,15H,3-4,9,12H2,1-2H3,(H,20,21)(H,22,23). The molecule has 1 unspecified atom stereocenters. The van der Waals surface area contributed by atoms with Crippen molar-refractivity contribution in [2.75, 3.05) is 38.0 Å². The Morgan fingerprint density at radius 3 is 2.88 bits per heavy atom. The van der Waals surface area contributed by atoms with Gasteiger partial charge in [0.2, 0.25) is 0 Å². The van der Waals surface area contributed by atoms with Crippen LogP contribution in [0.5, 0.6) is 11.5 Å². The summed E-state index contributed by atoms with van der Waals surface area (Å²) in [5.74, 6) is 1.60. The number of amides is 1. The molecule has 7 nitrogen and oxygen atoms in total. The summed E-state index contributed by atoms with van der Waals surface area (Å²) in [6, 6.07) is 8.62. The van der Waals surface area contributed by atoms with Crippen LogP contribution in [0.4, 0.5) is 11.5 Å². The minimum Gasteiger partial charge on any atom is -0.497 e. The zero-order chi connectivity index (χ0) is 18.4. The number of carbonyl (C=O) groups excluding carboxylic acids is 1. The predicted octanol–water partition coefficient (Wildman–Crippen LogP) is 2.94. The number of pyridine rings is 1. The zero-order valence-corrected chi connectivity index (χ0v) is 15.0. The molecule has 0 aliphatic carbocycles. The maximum atomic E-state index is 12.6. The summed E-state index contributed by atoms with van der Waals surface area (Å²) >= 11 is 0. The molecular formula is C19H23N3O4. The highest BCUT2D eigenvalue weighted by molar-refractivity contribution is 6.05. The highest BCUT2D eigenvalue weighted by Gasteiger charge is 2.16. The Bertz CT molecular complexity index is 760. The number of anilines is 2. The quantitative estimate of drug-likeness (QED) is 0.793. The van der Waals surface area contributed by atoms with Gasteiger partial charge in [-0.2, -0.15) is 0 Å². The summed E-state index contributed by atoms with van der Waals surface area (Å²) in [7, 11) is 3.12. The normalized spacial score (nSPS) is 16.2. The van der Waals surface area contributed by atoms with Crippen LogP contribution >= 0.6 is 0 Å². The first-order valence-electron chi connectivity index (χ1n) is 8.54. The summed E-state index contributed by atoms with van der Waals surface area (Å²) in [4.78, 5) is 16.8. The number of methoxy groups -OCH3 is 2. The number of carbonyl (C=O) groups is 1. The van der Waals surface area contributed by atoms with E-state index >= 15 is 0 Å². The van der Waals surface area contributed by atoms with Gasteiger partial charge in [0, 0.05) is 31.0 Å². The number of nitrogens with zero attached hydrogens (tertiary/aromatic N) is 1. The molecule has 0 bridgehead atoms. The van der Waals surface area contributed by atoms with Gasteiger partial charge >= 0.3 is 0 Å². The van der Waals surface area contributed by atoms with Gasteiger partial charge in [-0.05, 0) is 37.1 Å². The maximum Gasteiger partial charge on any atom is 0.255 e. The molecule has 1 aliphatic rings. The van der Waals surface area contributed by atoms with Crippen LogP contribution in [0.15, 0.2) is 36.5 Å². The van der Waals surface area contributed by atoms with Crippen molar-refractivity contribution in [2.24, 2.45) is 0 Å². The second-order valence-electron chi connectivity index (χ2n) is 5.97. The van der Waals surface area contributed by atoms with Crippen LogP contribution in [-0.2, 0) is 4.74 Å². The summed E-state index contributed by atoms with van der Waals surface area (Å²) in [5, 5.41) is 6.08. The first kappa shape index (κ1) is 18.0. The van der Waals surface area contributed by atoms with E-state index in [9.17, 15) is 4.79 Å². The van der Waals surface area contributed by atoms with Gasteiger partial charge in [-0.25, -0.2) is 4.98 Å². The Hall–Kier alpha value is -2.80. The fraction of sp³-hybridized carbons (Fsp3) is 0.368. The van der Waals surface area contributed by atoms with E-state index in [1.54, 1.807) is 50.7 Å². The van der Waals surface area contributed by atoms with E-state index in [4.69, 9.17) is 14.2 Å². The van der Waals surface area contributed by atoms with Crippen molar-refractivity contribution in [3.8, 4) is 11.5 Å². The lowest BCUT2D eigenvalue weighted by Crippen LogP contribution is -2.19. The lowest BCUT2D eigenvalue weighted by atomic mass is 10.2. The van der Waals surface area contributed by atoms with Gasteiger partial charge in [0.1, 0.15) is 17.3 Å². The van der Waals surface area contributed by atoms with E-state index in [2.05, 4.69) is 15.6 Å². The summed E-state index contributed by atoms with van der Waals surface area (Å²) in [6.45, 7) is 1.50. The molecule has 1 saturated heterocycles. The molecular weight excluding hydrogens is 334 g/mol. The van der Waals surface area contributed by atoms with Gasteiger partial charge in [0.25, 0.3) is 5.91 Å². The molecule has 1 aromatic carbocycles. The molecule has 1 amide bonds. The molecule has 1 aromatic heterocycles. The van der Waals surface area contributed by atoms with Crippen molar-refractivity contribution in [2.45, 2.75) is 18.9 Å². The Kier molecular flexibility index (Phi) is 5.91. The number of ether oxygens (including phenoxy) is 3. The largest absolute Gasteiger partial charge is 0.497 e. The number of aromatic nitrogens is 1. The molecule has 3 rings (SSSR count). The fourth-order valence-corrected chi connectivity index (χ4v) is 2.79. The van der Waals surface area contributed by atoms with Crippen LogP contribution in [0, 0.1) is 0 Å². The fourth-order valence-electron chi connectivity index (χ4n) is 2.79. The molecule has 2 aromatic rings. The summed E-state index contributed by atoms with van der Waals surface area (Å²) in [6.07, 6.45) is 3.95. The van der Waals surface area contributed by atoms with E-state index < -0.39 is 0 Å². The number of rotatable bonds is 7. The Labute approximate surface area is 152 Å². The minimum atomic E-state index is -0.240. The number of hydrogen-bond donors (Lipinski definition) is 2. The molecule has 7 heteroatoms. The molecule has 0 radical (unpaired) electrons. The van der Waals surface area contributed by atoms with E-state index in [0.29, 0.717) is 35.1 Å². The topological polar surface area (TPSA) is 81.7 Å². The van der Waals surface area contributed by atoms with Crippen molar-refractivity contribution in [1.29, 1.82) is 0 Å². The third-order valence-electron chi connectivity index (χ3n) is 4.21.